The second-order valence-corrected chi connectivity index (χ2v) is 11.5. The van der Waals surface area contributed by atoms with Crippen LogP contribution in [0.4, 0.5) is 0 Å². The standard InChI is InChI=1S/C22H39N4O7PS/c1-16(2)32-20(28)13-25-34(30-11-12-35-21(29)22(3,4)5)31-14-17-7-8-19(33-17)26(6)10-9-18(23)24-15-27/h9-10,15-17,19,25H,7-8,11-14H2,1-6H3,(H2,23,24,27)/b10-9-. The highest BCUT2D eigenvalue weighted by molar-refractivity contribution is 8.13. The van der Waals surface area contributed by atoms with Gasteiger partial charge in [-0.3, -0.25) is 19.8 Å². The molecule has 13 heteroatoms. The van der Waals surface area contributed by atoms with Crippen LogP contribution in [0.25, 0.3) is 0 Å². The Morgan fingerprint density at radius 3 is 2.63 bits per heavy atom. The third kappa shape index (κ3) is 13.9. The van der Waals surface area contributed by atoms with Crippen LogP contribution in [0.15, 0.2) is 12.3 Å². The first-order valence-electron chi connectivity index (χ1n) is 11.4. The maximum atomic E-state index is 12.1. The van der Waals surface area contributed by atoms with E-state index in [1.165, 1.54) is 17.8 Å². The van der Waals surface area contributed by atoms with Crippen LogP contribution in [0, 0.1) is 10.8 Å². The lowest BCUT2D eigenvalue weighted by Gasteiger charge is -2.24. The summed E-state index contributed by atoms with van der Waals surface area (Å²) >= 11 is 1.21. The van der Waals surface area contributed by atoms with Crippen LogP contribution in [0.1, 0.15) is 47.5 Å². The van der Waals surface area contributed by atoms with Crippen LogP contribution in [-0.2, 0) is 32.9 Å². The van der Waals surface area contributed by atoms with E-state index in [0.29, 0.717) is 12.2 Å². The Morgan fingerprint density at radius 1 is 1.29 bits per heavy atom. The van der Waals surface area contributed by atoms with E-state index in [0.717, 1.165) is 12.8 Å². The smallest absolute Gasteiger partial charge is 0.320 e. The quantitative estimate of drug-likeness (QED) is 0.0718. The largest absolute Gasteiger partial charge is 0.462 e. The molecule has 0 aromatic rings. The number of ether oxygens (including phenoxy) is 2. The molecule has 1 heterocycles. The number of thioether (sulfide) groups is 1. The predicted octanol–water partition coefficient (Wildman–Crippen LogP) is 2.77. The molecular formula is C22H39N4O7PS. The Morgan fingerprint density at radius 2 is 2.00 bits per heavy atom. The second-order valence-electron chi connectivity index (χ2n) is 9.09. The highest BCUT2D eigenvalue weighted by atomic mass is 32.2. The van der Waals surface area contributed by atoms with Crippen molar-refractivity contribution < 1.29 is 32.9 Å². The van der Waals surface area contributed by atoms with Gasteiger partial charge >= 0.3 is 5.97 Å². The minimum atomic E-state index is -1.60. The van der Waals surface area contributed by atoms with E-state index in [2.05, 4.69) is 10.4 Å². The molecule has 3 atom stereocenters. The van der Waals surface area contributed by atoms with Crippen LogP contribution in [0.2, 0.25) is 0 Å². The molecule has 3 N–H and O–H groups in total. The van der Waals surface area contributed by atoms with Gasteiger partial charge in [0.05, 0.1) is 25.4 Å². The number of hydrogen-bond acceptors (Lipinski definition) is 11. The van der Waals surface area contributed by atoms with Crippen molar-refractivity contribution in [3.8, 4) is 0 Å². The van der Waals surface area contributed by atoms with E-state index in [9.17, 15) is 14.4 Å². The molecule has 11 nitrogen and oxygen atoms in total. The van der Waals surface area contributed by atoms with Gasteiger partial charge in [-0.1, -0.05) is 32.5 Å². The Bertz CT molecular complexity index is 733. The summed E-state index contributed by atoms with van der Waals surface area (Å²) in [5.41, 5.74) is -0.422. The molecule has 1 aliphatic heterocycles. The number of nitrogens with zero attached hydrogens (tertiary/aromatic N) is 1. The number of carbonyl (C=O) groups is 3. The molecule has 200 valence electrons. The summed E-state index contributed by atoms with van der Waals surface area (Å²) in [5.74, 6) is 0.0536. The molecule has 1 aliphatic rings. The predicted molar refractivity (Wildman–Crippen MR) is 137 cm³/mol. The van der Waals surface area contributed by atoms with E-state index in [4.69, 9.17) is 23.9 Å². The number of hydrogen-bond donors (Lipinski definition) is 3. The number of carbonyl (C=O) groups excluding carboxylic acids is 3. The van der Waals surface area contributed by atoms with Crippen molar-refractivity contribution in [3.05, 3.63) is 12.3 Å². The number of rotatable bonds is 15. The zero-order chi connectivity index (χ0) is 26.4. The van der Waals surface area contributed by atoms with Crippen molar-refractivity contribution in [3.63, 3.8) is 0 Å². The molecule has 0 aliphatic carbocycles. The van der Waals surface area contributed by atoms with Crippen LogP contribution in [0.3, 0.4) is 0 Å². The van der Waals surface area contributed by atoms with Crippen LogP contribution >= 0.6 is 20.3 Å². The first kappa shape index (κ1) is 31.5. The van der Waals surface area contributed by atoms with Gasteiger partial charge in [-0.2, -0.15) is 0 Å². The van der Waals surface area contributed by atoms with Crippen molar-refractivity contribution >= 4 is 43.6 Å². The molecule has 0 aromatic heterocycles. The van der Waals surface area contributed by atoms with Crippen molar-refractivity contribution in [1.29, 1.82) is 5.41 Å². The monoisotopic (exact) mass is 534 g/mol. The SMILES string of the molecule is CC(C)OC(=O)CNP(OCCSC(=O)C(C)(C)C)OCC1CCC(N(C)/C=C\C(=N)NC=O)O1. The third-order valence-electron chi connectivity index (χ3n) is 4.46. The molecule has 0 bridgehead atoms. The number of amidine groups is 1. The Labute approximate surface area is 213 Å². The Hall–Kier alpha value is -1.56. The molecule has 1 fully saturated rings. The van der Waals surface area contributed by atoms with E-state index >= 15 is 0 Å². The van der Waals surface area contributed by atoms with Gasteiger partial charge in [0.25, 0.3) is 8.53 Å². The fourth-order valence-corrected chi connectivity index (χ4v) is 4.68. The molecule has 0 aromatic carbocycles. The summed E-state index contributed by atoms with van der Waals surface area (Å²) < 4.78 is 22.9. The average Bonchev–Trinajstić information content (AvgIpc) is 3.24. The van der Waals surface area contributed by atoms with E-state index < -0.39 is 19.9 Å². The average molecular weight is 535 g/mol. The van der Waals surface area contributed by atoms with Gasteiger partial charge in [0.1, 0.15) is 18.6 Å². The van der Waals surface area contributed by atoms with Gasteiger partial charge in [-0.15, -0.1) is 0 Å². The zero-order valence-electron chi connectivity index (χ0n) is 21.4. The van der Waals surface area contributed by atoms with Crippen molar-refractivity contribution in [2.24, 2.45) is 5.41 Å². The number of nitrogens with one attached hydrogen (secondary N) is 3. The first-order chi connectivity index (χ1) is 16.4. The lowest BCUT2D eigenvalue weighted by Crippen LogP contribution is -2.29. The summed E-state index contributed by atoms with van der Waals surface area (Å²) in [6.07, 6.45) is 4.54. The lowest BCUT2D eigenvalue weighted by atomic mass is 10.00. The molecular weight excluding hydrogens is 495 g/mol. The fraction of sp³-hybridized carbons (Fsp3) is 0.727. The summed E-state index contributed by atoms with van der Waals surface area (Å²) in [5, 5.41) is 12.8. The molecule has 0 spiro atoms. The minimum Gasteiger partial charge on any atom is -0.462 e. The van der Waals surface area contributed by atoms with Gasteiger partial charge in [0, 0.05) is 24.4 Å². The summed E-state index contributed by atoms with van der Waals surface area (Å²) in [7, 11) is 0.231. The number of esters is 1. The van der Waals surface area contributed by atoms with Crippen molar-refractivity contribution in [2.45, 2.75) is 65.9 Å². The first-order valence-corrected chi connectivity index (χ1v) is 13.6. The van der Waals surface area contributed by atoms with E-state index in [1.54, 1.807) is 20.0 Å². The zero-order valence-corrected chi connectivity index (χ0v) is 23.1. The number of amides is 1. The normalized spacial score (nSPS) is 19.1. The Balaban J connectivity index is 2.52. The highest BCUT2D eigenvalue weighted by Gasteiger charge is 2.29. The summed E-state index contributed by atoms with van der Waals surface area (Å²) in [6.45, 7) is 9.66. The molecule has 0 radical (unpaired) electrons. The molecule has 35 heavy (non-hydrogen) atoms. The van der Waals surface area contributed by atoms with Crippen molar-refractivity contribution in [2.75, 3.05) is 32.6 Å². The van der Waals surface area contributed by atoms with E-state index in [-0.39, 0.29) is 49.1 Å². The molecule has 1 amide bonds. The van der Waals surface area contributed by atoms with Crippen LogP contribution in [-0.4, -0.2) is 79.2 Å². The van der Waals surface area contributed by atoms with Crippen LogP contribution < -0.4 is 10.4 Å². The summed E-state index contributed by atoms with van der Waals surface area (Å²) in [4.78, 5) is 36.2. The van der Waals surface area contributed by atoms with Gasteiger partial charge in [0.2, 0.25) is 6.41 Å². The fourth-order valence-electron chi connectivity index (χ4n) is 2.69. The topological polar surface area (TPSA) is 139 Å². The molecule has 1 rings (SSSR count). The minimum absolute atomic E-state index is 0.0167. The summed E-state index contributed by atoms with van der Waals surface area (Å²) in [6, 6.07) is 0. The van der Waals surface area contributed by atoms with Gasteiger partial charge in [-0.25, -0.2) is 5.09 Å². The Kier molecular flexibility index (Phi) is 14.6. The van der Waals surface area contributed by atoms with E-state index in [1.807, 2.05) is 32.7 Å². The van der Waals surface area contributed by atoms with Gasteiger partial charge < -0.3 is 28.7 Å². The molecule has 0 saturated carbocycles. The lowest BCUT2D eigenvalue weighted by molar-refractivity contribution is -0.145. The van der Waals surface area contributed by atoms with Gasteiger partial charge in [-0.05, 0) is 32.8 Å². The third-order valence-corrected chi connectivity index (χ3v) is 6.93. The van der Waals surface area contributed by atoms with Crippen LogP contribution in [0.5, 0.6) is 0 Å². The van der Waals surface area contributed by atoms with Gasteiger partial charge in [0.15, 0.2) is 5.12 Å². The molecule has 1 saturated heterocycles. The second kappa shape index (κ2) is 16.2. The highest BCUT2D eigenvalue weighted by Crippen LogP contribution is 2.35. The maximum Gasteiger partial charge on any atom is 0.320 e. The maximum absolute atomic E-state index is 12.1. The van der Waals surface area contributed by atoms with Crippen molar-refractivity contribution in [1.82, 2.24) is 15.3 Å². The molecule has 3 unspecified atom stereocenters.